The zero-order chi connectivity index (χ0) is 76.0. The molecule has 0 rings (SSSR count). The van der Waals surface area contributed by atoms with E-state index in [2.05, 4.69) is 27.8 Å². The monoisotopic (exact) mass is 1380 g/mol. The molecule has 0 spiro atoms. The number of carbonyl (C=O) groups is 12. The van der Waals surface area contributed by atoms with E-state index in [-0.39, 0.29) is 43.4 Å². The number of unbranched alkanes of at least 4 members (excludes halogenated alkanes) is 1. The van der Waals surface area contributed by atoms with Crippen molar-refractivity contribution in [2.75, 3.05) is 56.4 Å². The molecule has 0 aromatic heterocycles. The van der Waals surface area contributed by atoms with Crippen LogP contribution in [-0.4, -0.2) is 245 Å². The van der Waals surface area contributed by atoms with Gasteiger partial charge in [0.2, 0.25) is 59.1 Å². The van der Waals surface area contributed by atoms with Crippen LogP contribution in [0.5, 0.6) is 0 Å². The average Bonchev–Trinajstić information content (AvgIpc) is 0.810. The van der Waals surface area contributed by atoms with E-state index >= 15 is 9.59 Å². The molecule has 11 amide bonds. The summed E-state index contributed by atoms with van der Waals surface area (Å²) < 4.78 is 10.4. The molecular weight excluding hydrogens is 1250 g/mol. The number of hydrogen-bond acceptors (Lipinski definition) is 15. The Balaban J connectivity index is 7.03. The summed E-state index contributed by atoms with van der Waals surface area (Å²) in [6.07, 6.45) is 2.64. The van der Waals surface area contributed by atoms with Crippen molar-refractivity contribution < 1.29 is 72.1 Å². The Morgan fingerprint density at radius 1 is 0.474 bits per heavy atom. The molecule has 0 saturated heterocycles. The lowest BCUT2D eigenvalue weighted by Gasteiger charge is -2.41. The Morgan fingerprint density at radius 2 is 0.928 bits per heavy atom. The number of ether oxygens (including phenoxy) is 2. The van der Waals surface area contributed by atoms with E-state index in [1.165, 1.54) is 108 Å². The van der Waals surface area contributed by atoms with Gasteiger partial charge in [0, 0.05) is 54.7 Å². The lowest BCUT2D eigenvalue weighted by atomic mass is 9.82. The molecule has 0 aliphatic carbocycles. The maximum atomic E-state index is 15.1. The molecule has 0 heterocycles. The Kier molecular flexibility index (Phi) is 37.4. The smallest absolute Gasteiger partial charge is 0.410 e. The molecule has 0 saturated carbocycles. The summed E-state index contributed by atoms with van der Waals surface area (Å²) in [5, 5.41) is 22.8. The molecule has 0 fully saturated rings. The zero-order valence-corrected chi connectivity index (χ0v) is 64.6. The third-order valence-electron chi connectivity index (χ3n) is 17.9. The Bertz CT molecular complexity index is 2660. The molecule has 0 bridgehead atoms. The number of methoxy groups -OCH3 is 1. The van der Waals surface area contributed by atoms with Crippen molar-refractivity contribution in [3.05, 3.63) is 12.7 Å². The first kappa shape index (κ1) is 90.1. The number of nitrogens with zero attached hydrogens (tertiary/aromatic N) is 7. The van der Waals surface area contributed by atoms with Crippen LogP contribution < -0.4 is 21.3 Å². The zero-order valence-electron chi connectivity index (χ0n) is 64.6. The maximum Gasteiger partial charge on any atom is 0.410 e. The van der Waals surface area contributed by atoms with Gasteiger partial charge in [-0.25, -0.2) is 9.59 Å². The van der Waals surface area contributed by atoms with Gasteiger partial charge in [0.25, 0.3) is 0 Å². The number of rotatable bonds is 39. The van der Waals surface area contributed by atoms with Crippen molar-refractivity contribution in [1.29, 1.82) is 0 Å². The molecule has 558 valence electrons. The second-order valence-electron chi connectivity index (χ2n) is 30.1. The first-order chi connectivity index (χ1) is 44.5. The second kappa shape index (κ2) is 40.3. The molecule has 0 radical (unpaired) electrons. The lowest BCUT2D eigenvalue weighted by Crippen LogP contribution is -2.63. The number of hydrogen-bond donors (Lipinski definition) is 5. The topological polar surface area (TPSA) is 314 Å². The van der Waals surface area contributed by atoms with Crippen LogP contribution in [0, 0.1) is 40.9 Å². The highest BCUT2D eigenvalue weighted by atomic mass is 16.6. The van der Waals surface area contributed by atoms with Gasteiger partial charge in [0.15, 0.2) is 0 Å². The van der Waals surface area contributed by atoms with Gasteiger partial charge in [-0.2, -0.15) is 0 Å². The van der Waals surface area contributed by atoms with E-state index in [0.717, 1.165) is 22.6 Å². The minimum Gasteiger partial charge on any atom is -0.467 e. The Labute approximate surface area is 581 Å². The van der Waals surface area contributed by atoms with Crippen LogP contribution in [0.3, 0.4) is 0 Å². The summed E-state index contributed by atoms with van der Waals surface area (Å²) >= 11 is 0. The number of likely N-dealkylation sites (N-methyl/N-ethyl adjacent to an activating group) is 7. The summed E-state index contributed by atoms with van der Waals surface area (Å²) in [5.41, 5.74) is -1.91. The molecule has 0 unspecified atom stereocenters. The van der Waals surface area contributed by atoms with Crippen LogP contribution in [0.15, 0.2) is 12.7 Å². The predicted octanol–water partition coefficient (Wildman–Crippen LogP) is 6.01. The van der Waals surface area contributed by atoms with Gasteiger partial charge in [-0.15, -0.1) is 6.58 Å². The average molecular weight is 1380 g/mol. The van der Waals surface area contributed by atoms with Gasteiger partial charge in [-0.1, -0.05) is 129 Å². The maximum absolute atomic E-state index is 15.1. The fourth-order valence-electron chi connectivity index (χ4n) is 11.7. The number of carbonyl (C=O) groups excluding carboxylic acids is 12. The highest BCUT2D eigenvalue weighted by Crippen LogP contribution is 2.30. The van der Waals surface area contributed by atoms with Gasteiger partial charge in [-0.3, -0.25) is 52.8 Å². The minimum atomic E-state index is -1.48. The van der Waals surface area contributed by atoms with Crippen LogP contribution in [-0.2, 0) is 62.2 Å². The van der Waals surface area contributed by atoms with Crippen LogP contribution >= 0.6 is 0 Å². The fourth-order valence-corrected chi connectivity index (χ4v) is 11.7. The molecular formula is C71H129N11O15. The summed E-state index contributed by atoms with van der Waals surface area (Å²) in [4.78, 5) is 180. The third-order valence-corrected chi connectivity index (χ3v) is 17.9. The SMILES string of the molecule is C=CC(C)(C)[C@@H](C(=O)N[C@H](C(=O)N(C)[C@@H](CC(C)C)C(=O)N[C@@H](C)C(=O)N[C@H](C)C(=O)N(C)[C@@H](CC(C)C)C(=O)N(C)[C@@H](CC(C)C)C(=O)N(C)[C@H](C(=O)N(C)[C@H](C(=O)N[C@@H](CCC)C(=O)OC)[C@H](O)[C@H](C)CCCC)C(C)C)C(C)C)N(C)C(=O)[C@@H](C)N(C)C(=O)OC(C)(C)C. The van der Waals surface area contributed by atoms with Crippen molar-refractivity contribution in [2.24, 2.45) is 40.9 Å². The molecule has 0 aromatic carbocycles. The molecule has 5 N–H and O–H groups in total. The number of nitrogens with one attached hydrogen (secondary N) is 4. The summed E-state index contributed by atoms with van der Waals surface area (Å²) in [7, 11) is 11.2. The number of aliphatic hydroxyl groups is 1. The molecule has 13 atom stereocenters. The van der Waals surface area contributed by atoms with Crippen molar-refractivity contribution in [3.8, 4) is 0 Å². The van der Waals surface area contributed by atoms with E-state index < -0.39 is 172 Å². The molecule has 26 heteroatoms. The molecule has 0 aliphatic heterocycles. The first-order valence-electron chi connectivity index (χ1n) is 34.6. The van der Waals surface area contributed by atoms with Gasteiger partial charge < -0.3 is 65.2 Å². The Morgan fingerprint density at radius 3 is 1.36 bits per heavy atom. The van der Waals surface area contributed by atoms with Crippen molar-refractivity contribution >= 4 is 71.1 Å². The normalized spacial score (nSPS) is 15.9. The number of amides is 11. The van der Waals surface area contributed by atoms with E-state index in [1.54, 1.807) is 69.2 Å². The van der Waals surface area contributed by atoms with Gasteiger partial charge in [-0.05, 0) is 109 Å². The van der Waals surface area contributed by atoms with E-state index in [1.807, 2.05) is 55.4 Å². The van der Waals surface area contributed by atoms with Gasteiger partial charge >= 0.3 is 12.1 Å². The van der Waals surface area contributed by atoms with E-state index in [9.17, 15) is 53.1 Å². The molecule has 26 nitrogen and oxygen atoms in total. The van der Waals surface area contributed by atoms with Crippen LogP contribution in [0.25, 0.3) is 0 Å². The van der Waals surface area contributed by atoms with Gasteiger partial charge in [0.1, 0.15) is 72.1 Å². The van der Waals surface area contributed by atoms with Crippen LogP contribution in [0.1, 0.15) is 197 Å². The lowest BCUT2D eigenvalue weighted by molar-refractivity contribution is -0.157. The minimum absolute atomic E-state index is 0.130. The quantitative estimate of drug-likeness (QED) is 0.0348. The highest BCUT2D eigenvalue weighted by molar-refractivity contribution is 5.99. The third kappa shape index (κ3) is 26.4. The predicted molar refractivity (Wildman–Crippen MR) is 376 cm³/mol. The molecule has 97 heavy (non-hydrogen) atoms. The van der Waals surface area contributed by atoms with Crippen molar-refractivity contribution in [3.63, 3.8) is 0 Å². The van der Waals surface area contributed by atoms with Crippen molar-refractivity contribution in [1.82, 2.24) is 55.6 Å². The molecule has 0 aromatic rings. The van der Waals surface area contributed by atoms with E-state index in [4.69, 9.17) is 9.47 Å². The van der Waals surface area contributed by atoms with Crippen LogP contribution in [0.2, 0.25) is 0 Å². The summed E-state index contributed by atoms with van der Waals surface area (Å²) in [6.45, 7) is 40.4. The standard InChI is InChI=1S/C71H129N11O15/c1-31-34-36-45(14)56(83)55(60(86)74-49(35-32-2)68(94)96-30)81(28)67(93)54(44(12)13)80(27)65(91)52(39-42(8)9)79(26)64(90)51(38-41(6)7)78(25)62(88)47(16)73-58(84)46(15)72-59(85)50(37-40(4)5)77(24)66(92)53(43(10)11)75-61(87)57(71(21,22)33-3)82(29)63(89)48(17)76(23)69(95)97-70(18,19)20/h33,40-57,83H,3,31-32,34-39H2,1-2,4-30H3,(H,72,85)(H,73,84)(H,74,86)(H,75,87)/t45-,46+,47-,48-,49+,50+,51+,52+,53+,54+,55+,56-,57-/m1/s1. The van der Waals surface area contributed by atoms with Gasteiger partial charge in [0.05, 0.1) is 13.2 Å². The molecule has 0 aliphatic rings. The van der Waals surface area contributed by atoms with Crippen molar-refractivity contribution in [2.45, 2.75) is 275 Å². The summed E-state index contributed by atoms with van der Waals surface area (Å²) in [5.74, 6) is -9.45. The number of esters is 1. The highest BCUT2D eigenvalue weighted by Gasteiger charge is 2.47. The Hall–Kier alpha value is -6.86. The first-order valence-corrected chi connectivity index (χ1v) is 34.6. The largest absolute Gasteiger partial charge is 0.467 e. The number of aliphatic hydroxyl groups excluding tert-OH is 1. The summed E-state index contributed by atoms with van der Waals surface area (Å²) in [6, 6.07) is -13.3. The fraction of sp³-hybridized carbons (Fsp3) is 0.803. The van der Waals surface area contributed by atoms with Crippen LogP contribution in [0.4, 0.5) is 4.79 Å². The second-order valence-corrected chi connectivity index (χ2v) is 30.1. The van der Waals surface area contributed by atoms with E-state index in [0.29, 0.717) is 12.8 Å².